The molecule has 0 aliphatic carbocycles. The van der Waals surface area contributed by atoms with Gasteiger partial charge in [0.05, 0.1) is 12.7 Å². The van der Waals surface area contributed by atoms with Crippen LogP contribution in [0.5, 0.6) is 0 Å². The zero-order valence-corrected chi connectivity index (χ0v) is 13.3. The van der Waals surface area contributed by atoms with Crippen molar-refractivity contribution in [1.29, 1.82) is 0 Å². The van der Waals surface area contributed by atoms with E-state index >= 15 is 0 Å². The molecule has 0 unspecified atom stereocenters. The summed E-state index contributed by atoms with van der Waals surface area (Å²) in [6, 6.07) is 2.65. The number of aromatic nitrogens is 2. The Morgan fingerprint density at radius 2 is 2.28 bits per heavy atom. The van der Waals surface area contributed by atoms with Gasteiger partial charge in [-0.3, -0.25) is 4.68 Å². The lowest BCUT2D eigenvalue weighted by atomic mass is 10.2. The Hall–Kier alpha value is -0.650. The maximum absolute atomic E-state index is 4.47. The predicted molar refractivity (Wildman–Crippen MR) is 80.1 cm³/mol. The van der Waals surface area contributed by atoms with Crippen molar-refractivity contribution in [2.75, 3.05) is 0 Å². The van der Waals surface area contributed by atoms with E-state index in [4.69, 9.17) is 0 Å². The summed E-state index contributed by atoms with van der Waals surface area (Å²) in [7, 11) is 0. The van der Waals surface area contributed by atoms with Crippen LogP contribution in [0.4, 0.5) is 0 Å². The van der Waals surface area contributed by atoms with Crippen LogP contribution in [0.2, 0.25) is 0 Å². The van der Waals surface area contributed by atoms with Crippen LogP contribution in [0.3, 0.4) is 0 Å². The van der Waals surface area contributed by atoms with Crippen molar-refractivity contribution < 1.29 is 0 Å². The third kappa shape index (κ3) is 3.43. The molecule has 0 atom stereocenters. The highest BCUT2D eigenvalue weighted by Crippen LogP contribution is 2.21. The fraction of sp³-hybridized carbons (Fsp3) is 0.462. The molecule has 2 aromatic heterocycles. The van der Waals surface area contributed by atoms with E-state index in [9.17, 15) is 0 Å². The molecule has 0 aromatic carbocycles. The minimum absolute atomic E-state index is 0.501. The van der Waals surface area contributed by atoms with E-state index < -0.39 is 0 Å². The Morgan fingerprint density at radius 1 is 1.50 bits per heavy atom. The summed E-state index contributed by atoms with van der Waals surface area (Å²) in [6.07, 6.45) is 1.97. The topological polar surface area (TPSA) is 29.9 Å². The zero-order chi connectivity index (χ0) is 13.1. The molecule has 0 aliphatic rings. The van der Waals surface area contributed by atoms with Gasteiger partial charge in [0.15, 0.2) is 0 Å². The Kier molecular flexibility index (Phi) is 4.59. The number of hydrogen-bond donors (Lipinski definition) is 1. The summed E-state index contributed by atoms with van der Waals surface area (Å²) < 4.78 is 3.21. The molecule has 0 fully saturated rings. The summed E-state index contributed by atoms with van der Waals surface area (Å²) in [5, 5.41) is 10.00. The van der Waals surface area contributed by atoms with Gasteiger partial charge in [-0.15, -0.1) is 11.3 Å². The van der Waals surface area contributed by atoms with E-state index in [1.807, 2.05) is 6.20 Å². The highest BCUT2D eigenvalue weighted by Gasteiger charge is 2.08. The van der Waals surface area contributed by atoms with Crippen LogP contribution in [0, 0.1) is 6.92 Å². The normalized spacial score (nSPS) is 11.4. The molecule has 1 N–H and O–H groups in total. The van der Waals surface area contributed by atoms with Gasteiger partial charge in [0.2, 0.25) is 0 Å². The molecule has 2 rings (SSSR count). The molecule has 0 aliphatic heterocycles. The highest BCUT2D eigenvalue weighted by atomic mass is 79.9. The van der Waals surface area contributed by atoms with Gasteiger partial charge >= 0.3 is 0 Å². The minimum Gasteiger partial charge on any atom is -0.310 e. The van der Waals surface area contributed by atoms with E-state index in [-0.39, 0.29) is 0 Å². The maximum atomic E-state index is 4.47. The van der Waals surface area contributed by atoms with E-state index in [2.05, 4.69) is 63.2 Å². The molecule has 0 bridgehead atoms. The van der Waals surface area contributed by atoms with Gasteiger partial charge < -0.3 is 5.32 Å². The van der Waals surface area contributed by atoms with Crippen molar-refractivity contribution >= 4 is 27.3 Å². The molecule has 0 spiro atoms. The lowest BCUT2D eigenvalue weighted by Crippen LogP contribution is -2.22. The van der Waals surface area contributed by atoms with E-state index in [0.717, 1.165) is 17.6 Å². The van der Waals surface area contributed by atoms with Gasteiger partial charge in [0.1, 0.15) is 0 Å². The van der Waals surface area contributed by atoms with Crippen LogP contribution >= 0.6 is 27.3 Å². The molecule has 98 valence electrons. The van der Waals surface area contributed by atoms with E-state index in [1.165, 1.54) is 16.1 Å². The summed E-state index contributed by atoms with van der Waals surface area (Å²) in [6.45, 7) is 8.18. The Bertz CT molecular complexity index is 516. The van der Waals surface area contributed by atoms with Gasteiger partial charge in [-0.2, -0.15) is 5.10 Å². The summed E-state index contributed by atoms with van der Waals surface area (Å²) in [4.78, 5) is 1.32. The SMILES string of the molecule is Cc1c(CNC(C)C)cnn1Cc1cc(Br)cs1. The van der Waals surface area contributed by atoms with Crippen molar-refractivity contribution in [3.8, 4) is 0 Å². The smallest absolute Gasteiger partial charge is 0.0755 e. The molecule has 0 amide bonds. The fourth-order valence-electron chi connectivity index (χ4n) is 1.72. The molecule has 18 heavy (non-hydrogen) atoms. The predicted octanol–water partition coefficient (Wildman–Crippen LogP) is 3.56. The third-order valence-electron chi connectivity index (χ3n) is 2.83. The monoisotopic (exact) mass is 327 g/mol. The molecule has 0 saturated carbocycles. The molecule has 2 heterocycles. The molecular formula is C13H18BrN3S. The summed E-state index contributed by atoms with van der Waals surface area (Å²) >= 11 is 5.24. The van der Waals surface area contributed by atoms with Gasteiger partial charge in [0.25, 0.3) is 0 Å². The van der Waals surface area contributed by atoms with Crippen LogP contribution in [0.1, 0.15) is 30.0 Å². The maximum Gasteiger partial charge on any atom is 0.0755 e. The first-order chi connectivity index (χ1) is 8.56. The van der Waals surface area contributed by atoms with Crippen molar-refractivity contribution in [2.45, 2.75) is 39.9 Å². The number of halogens is 1. The van der Waals surface area contributed by atoms with Crippen LogP contribution in [-0.4, -0.2) is 15.8 Å². The van der Waals surface area contributed by atoms with Gasteiger partial charge in [-0.25, -0.2) is 0 Å². The fourth-order valence-corrected chi connectivity index (χ4v) is 3.15. The standard InChI is InChI=1S/C13H18BrN3S/c1-9(2)15-5-11-6-16-17(10(11)3)7-13-4-12(14)8-18-13/h4,6,8-9,15H,5,7H2,1-3H3. The second-order valence-electron chi connectivity index (χ2n) is 4.68. The molecular weight excluding hydrogens is 310 g/mol. The number of thiophene rings is 1. The van der Waals surface area contributed by atoms with Crippen LogP contribution < -0.4 is 5.32 Å². The van der Waals surface area contributed by atoms with Gasteiger partial charge in [-0.1, -0.05) is 13.8 Å². The second-order valence-corrected chi connectivity index (χ2v) is 6.59. The zero-order valence-electron chi connectivity index (χ0n) is 10.9. The van der Waals surface area contributed by atoms with Gasteiger partial charge in [0, 0.05) is 38.6 Å². The van der Waals surface area contributed by atoms with Gasteiger partial charge in [-0.05, 0) is 28.9 Å². The first kappa shape index (κ1) is 13.8. The largest absolute Gasteiger partial charge is 0.310 e. The van der Waals surface area contributed by atoms with E-state index in [1.54, 1.807) is 11.3 Å². The number of hydrogen-bond acceptors (Lipinski definition) is 3. The van der Waals surface area contributed by atoms with Crippen molar-refractivity contribution in [3.05, 3.63) is 38.3 Å². The lowest BCUT2D eigenvalue weighted by molar-refractivity contribution is 0.585. The van der Waals surface area contributed by atoms with Crippen molar-refractivity contribution in [1.82, 2.24) is 15.1 Å². The number of nitrogens with one attached hydrogen (secondary N) is 1. The van der Waals surface area contributed by atoms with E-state index in [0.29, 0.717) is 6.04 Å². The summed E-state index contributed by atoms with van der Waals surface area (Å²) in [5.41, 5.74) is 2.52. The minimum atomic E-state index is 0.501. The molecule has 0 saturated heterocycles. The van der Waals surface area contributed by atoms with Crippen molar-refractivity contribution in [3.63, 3.8) is 0 Å². The molecule has 2 aromatic rings. The quantitative estimate of drug-likeness (QED) is 0.909. The third-order valence-corrected chi connectivity index (χ3v) is 4.52. The molecule has 3 nitrogen and oxygen atoms in total. The van der Waals surface area contributed by atoms with Crippen molar-refractivity contribution in [2.24, 2.45) is 0 Å². The molecule has 0 radical (unpaired) electrons. The number of nitrogens with zero attached hydrogens (tertiary/aromatic N) is 2. The lowest BCUT2D eigenvalue weighted by Gasteiger charge is -2.08. The first-order valence-electron chi connectivity index (χ1n) is 6.04. The van der Waals surface area contributed by atoms with Crippen LogP contribution in [0.15, 0.2) is 22.1 Å². The first-order valence-corrected chi connectivity index (χ1v) is 7.71. The molecule has 5 heteroatoms. The van der Waals surface area contributed by atoms with Crippen LogP contribution in [-0.2, 0) is 13.1 Å². The Labute approximate surface area is 120 Å². The Morgan fingerprint density at radius 3 is 2.89 bits per heavy atom. The highest BCUT2D eigenvalue weighted by molar-refractivity contribution is 9.10. The average Bonchev–Trinajstić information content (AvgIpc) is 2.86. The second kappa shape index (κ2) is 5.99. The Balaban J connectivity index is 2.06. The summed E-state index contributed by atoms with van der Waals surface area (Å²) in [5.74, 6) is 0. The number of rotatable bonds is 5. The average molecular weight is 328 g/mol. The van der Waals surface area contributed by atoms with Crippen LogP contribution in [0.25, 0.3) is 0 Å².